The Morgan fingerprint density at radius 3 is 2.84 bits per heavy atom. The van der Waals surface area contributed by atoms with E-state index in [1.807, 2.05) is 0 Å². The normalized spacial score (nSPS) is 10.8. The molecule has 0 atom stereocenters. The summed E-state index contributed by atoms with van der Waals surface area (Å²) >= 11 is 0. The third-order valence-electron chi connectivity index (χ3n) is 2.56. The van der Waals surface area contributed by atoms with Crippen LogP contribution < -0.4 is 10.1 Å². The van der Waals surface area contributed by atoms with Gasteiger partial charge in [-0.15, -0.1) is 0 Å². The SMILES string of the molecule is COc1ccc(NCc2nccn2C(F)F)cc1F. The van der Waals surface area contributed by atoms with E-state index in [1.54, 1.807) is 6.07 Å². The second-order valence-electron chi connectivity index (χ2n) is 3.73. The van der Waals surface area contributed by atoms with Gasteiger partial charge in [0.25, 0.3) is 0 Å². The van der Waals surface area contributed by atoms with E-state index in [0.29, 0.717) is 5.69 Å². The summed E-state index contributed by atoms with van der Waals surface area (Å²) in [5.41, 5.74) is 0.460. The Balaban J connectivity index is 2.06. The van der Waals surface area contributed by atoms with Gasteiger partial charge in [-0.3, -0.25) is 4.57 Å². The Kier molecular flexibility index (Phi) is 3.94. The van der Waals surface area contributed by atoms with E-state index < -0.39 is 12.4 Å². The summed E-state index contributed by atoms with van der Waals surface area (Å²) < 4.78 is 44.1. The van der Waals surface area contributed by atoms with E-state index >= 15 is 0 Å². The van der Waals surface area contributed by atoms with Crippen LogP contribution in [0.4, 0.5) is 18.9 Å². The zero-order chi connectivity index (χ0) is 13.8. The van der Waals surface area contributed by atoms with Crippen LogP contribution in [0.5, 0.6) is 5.75 Å². The maximum absolute atomic E-state index is 13.4. The predicted octanol–water partition coefficient (Wildman–Crippen LogP) is 3.04. The third-order valence-corrected chi connectivity index (χ3v) is 2.56. The van der Waals surface area contributed by atoms with Crippen molar-refractivity contribution in [3.63, 3.8) is 0 Å². The lowest BCUT2D eigenvalue weighted by Crippen LogP contribution is -2.09. The smallest absolute Gasteiger partial charge is 0.319 e. The first-order valence-electron chi connectivity index (χ1n) is 5.49. The molecule has 19 heavy (non-hydrogen) atoms. The molecule has 0 fully saturated rings. The number of rotatable bonds is 5. The molecule has 0 aliphatic carbocycles. The van der Waals surface area contributed by atoms with Crippen LogP contribution in [0, 0.1) is 5.82 Å². The minimum absolute atomic E-state index is 0.0725. The molecule has 2 rings (SSSR count). The Morgan fingerprint density at radius 1 is 1.42 bits per heavy atom. The molecule has 0 saturated heterocycles. The number of hydrogen-bond donors (Lipinski definition) is 1. The number of halogens is 3. The van der Waals surface area contributed by atoms with Crippen LogP contribution in [-0.2, 0) is 6.54 Å². The van der Waals surface area contributed by atoms with E-state index in [9.17, 15) is 13.2 Å². The molecule has 1 aromatic heterocycles. The highest BCUT2D eigenvalue weighted by Crippen LogP contribution is 2.21. The van der Waals surface area contributed by atoms with Gasteiger partial charge in [-0.1, -0.05) is 0 Å². The van der Waals surface area contributed by atoms with Crippen LogP contribution in [0.15, 0.2) is 30.6 Å². The van der Waals surface area contributed by atoms with Crippen molar-refractivity contribution in [2.75, 3.05) is 12.4 Å². The first-order chi connectivity index (χ1) is 9.11. The molecule has 0 radical (unpaired) electrons. The molecule has 4 nitrogen and oxygen atoms in total. The average molecular weight is 271 g/mol. The lowest BCUT2D eigenvalue weighted by molar-refractivity contribution is 0.0673. The molecular formula is C12H12F3N3O. The fraction of sp³-hybridized carbons (Fsp3) is 0.250. The van der Waals surface area contributed by atoms with Crippen molar-refractivity contribution in [2.45, 2.75) is 13.1 Å². The predicted molar refractivity (Wildman–Crippen MR) is 63.8 cm³/mol. The summed E-state index contributed by atoms with van der Waals surface area (Å²) in [7, 11) is 1.37. The van der Waals surface area contributed by atoms with Crippen molar-refractivity contribution in [1.29, 1.82) is 0 Å². The van der Waals surface area contributed by atoms with Crippen LogP contribution in [-0.4, -0.2) is 16.7 Å². The maximum atomic E-state index is 13.4. The van der Waals surface area contributed by atoms with Crippen LogP contribution in [0.1, 0.15) is 12.4 Å². The van der Waals surface area contributed by atoms with E-state index in [4.69, 9.17) is 4.74 Å². The van der Waals surface area contributed by atoms with Gasteiger partial charge in [-0.25, -0.2) is 9.37 Å². The number of anilines is 1. The molecular weight excluding hydrogens is 259 g/mol. The van der Waals surface area contributed by atoms with Gasteiger partial charge >= 0.3 is 6.55 Å². The highest BCUT2D eigenvalue weighted by Gasteiger charge is 2.11. The van der Waals surface area contributed by atoms with E-state index in [0.717, 1.165) is 4.57 Å². The zero-order valence-electron chi connectivity index (χ0n) is 10.1. The van der Waals surface area contributed by atoms with Gasteiger partial charge in [0, 0.05) is 24.1 Å². The van der Waals surface area contributed by atoms with Crippen molar-refractivity contribution in [2.24, 2.45) is 0 Å². The fourth-order valence-electron chi connectivity index (χ4n) is 1.62. The number of methoxy groups -OCH3 is 1. The van der Waals surface area contributed by atoms with Crippen LogP contribution >= 0.6 is 0 Å². The summed E-state index contributed by atoms with van der Waals surface area (Å²) in [6, 6.07) is 4.28. The summed E-state index contributed by atoms with van der Waals surface area (Å²) in [5.74, 6) is -0.226. The molecule has 0 saturated carbocycles. The number of aromatic nitrogens is 2. The molecule has 102 valence electrons. The number of alkyl halides is 2. The first kappa shape index (κ1) is 13.3. The second-order valence-corrected chi connectivity index (χ2v) is 3.73. The lowest BCUT2D eigenvalue weighted by Gasteiger charge is -2.09. The number of hydrogen-bond acceptors (Lipinski definition) is 3. The molecule has 0 amide bonds. The fourth-order valence-corrected chi connectivity index (χ4v) is 1.62. The number of nitrogens with zero attached hydrogens (tertiary/aromatic N) is 2. The van der Waals surface area contributed by atoms with Gasteiger partial charge in [0.15, 0.2) is 11.6 Å². The van der Waals surface area contributed by atoms with E-state index in [1.165, 1.54) is 31.6 Å². The topological polar surface area (TPSA) is 39.1 Å². The first-order valence-corrected chi connectivity index (χ1v) is 5.49. The summed E-state index contributed by atoms with van der Waals surface area (Å²) in [5, 5.41) is 2.82. The van der Waals surface area contributed by atoms with Gasteiger partial charge in [0.2, 0.25) is 0 Å². The number of ether oxygens (including phenoxy) is 1. The molecule has 0 bridgehead atoms. The molecule has 1 heterocycles. The summed E-state index contributed by atoms with van der Waals surface area (Å²) in [4.78, 5) is 3.81. The van der Waals surface area contributed by atoms with E-state index in [-0.39, 0.29) is 18.1 Å². The molecule has 2 aromatic rings. The van der Waals surface area contributed by atoms with Crippen LogP contribution in [0.3, 0.4) is 0 Å². The van der Waals surface area contributed by atoms with Crippen molar-refractivity contribution >= 4 is 5.69 Å². The van der Waals surface area contributed by atoms with Crippen LogP contribution in [0.25, 0.3) is 0 Å². The van der Waals surface area contributed by atoms with Crippen molar-refractivity contribution in [1.82, 2.24) is 9.55 Å². The molecule has 0 unspecified atom stereocenters. The number of benzene rings is 1. The highest BCUT2D eigenvalue weighted by atomic mass is 19.3. The van der Waals surface area contributed by atoms with Gasteiger partial charge in [0.05, 0.1) is 13.7 Å². The minimum atomic E-state index is -2.65. The summed E-state index contributed by atoms with van der Waals surface area (Å²) in [6.45, 7) is -2.57. The Hall–Kier alpha value is -2.18. The monoisotopic (exact) mass is 271 g/mol. The molecule has 1 aromatic carbocycles. The molecule has 0 aliphatic rings. The number of imidazole rings is 1. The van der Waals surface area contributed by atoms with Crippen molar-refractivity contribution < 1.29 is 17.9 Å². The Morgan fingerprint density at radius 2 is 2.21 bits per heavy atom. The van der Waals surface area contributed by atoms with Gasteiger partial charge in [0.1, 0.15) is 5.82 Å². The lowest BCUT2D eigenvalue weighted by atomic mass is 10.3. The Labute approximate surface area is 107 Å². The van der Waals surface area contributed by atoms with Gasteiger partial charge < -0.3 is 10.1 Å². The quantitative estimate of drug-likeness (QED) is 0.908. The molecule has 0 aliphatic heterocycles. The largest absolute Gasteiger partial charge is 0.494 e. The van der Waals surface area contributed by atoms with Gasteiger partial charge in [-0.2, -0.15) is 8.78 Å². The maximum Gasteiger partial charge on any atom is 0.319 e. The van der Waals surface area contributed by atoms with E-state index in [2.05, 4.69) is 10.3 Å². The standard InChI is InChI=1S/C12H12F3N3O/c1-19-10-3-2-8(6-9(10)13)17-7-11-16-4-5-18(11)12(14)15/h2-6,12,17H,7H2,1H3. The molecule has 0 spiro atoms. The average Bonchev–Trinajstić information content (AvgIpc) is 2.85. The van der Waals surface area contributed by atoms with Gasteiger partial charge in [-0.05, 0) is 12.1 Å². The Bertz CT molecular complexity index is 557. The highest BCUT2D eigenvalue weighted by molar-refractivity contribution is 5.47. The molecule has 1 N–H and O–H groups in total. The minimum Gasteiger partial charge on any atom is -0.494 e. The molecule has 7 heteroatoms. The van der Waals surface area contributed by atoms with Crippen molar-refractivity contribution in [3.8, 4) is 5.75 Å². The number of nitrogens with one attached hydrogen (secondary N) is 1. The van der Waals surface area contributed by atoms with Crippen LogP contribution in [0.2, 0.25) is 0 Å². The second kappa shape index (κ2) is 5.64. The van der Waals surface area contributed by atoms with Crippen molar-refractivity contribution in [3.05, 3.63) is 42.2 Å². The zero-order valence-corrected chi connectivity index (χ0v) is 10.1. The summed E-state index contributed by atoms with van der Waals surface area (Å²) in [6.07, 6.45) is 2.48. The third kappa shape index (κ3) is 2.98.